The Morgan fingerprint density at radius 1 is 1.73 bits per heavy atom. The summed E-state index contributed by atoms with van der Waals surface area (Å²) in [6.45, 7) is 3.98. The normalized spacial score (nSPS) is 9.27. The van der Waals surface area contributed by atoms with Gasteiger partial charge in [-0.05, 0) is 0 Å². The van der Waals surface area contributed by atoms with Gasteiger partial charge in [0.25, 0.3) is 0 Å². The SMILES string of the molecule is Cc1bcccc1CC(=O)S. The molecule has 0 fully saturated rings. The van der Waals surface area contributed by atoms with Crippen molar-refractivity contribution >= 4 is 24.7 Å². The zero-order valence-electron chi connectivity index (χ0n) is 6.37. The van der Waals surface area contributed by atoms with E-state index >= 15 is 0 Å². The van der Waals surface area contributed by atoms with E-state index in [1.165, 1.54) is 0 Å². The Morgan fingerprint density at radius 2 is 2.45 bits per heavy atom. The quantitative estimate of drug-likeness (QED) is 0.652. The monoisotopic (exact) mass is 164 g/mol. The molecule has 0 aliphatic carbocycles. The van der Waals surface area contributed by atoms with Crippen LogP contribution in [0.2, 0.25) is 0 Å². The summed E-state index contributed by atoms with van der Waals surface area (Å²) < 4.78 is 0. The molecule has 0 saturated carbocycles. The van der Waals surface area contributed by atoms with Gasteiger partial charge < -0.3 is 0 Å². The van der Waals surface area contributed by atoms with E-state index in [-0.39, 0.29) is 5.12 Å². The van der Waals surface area contributed by atoms with Crippen molar-refractivity contribution in [2.75, 3.05) is 0 Å². The first-order chi connectivity index (χ1) is 5.20. The van der Waals surface area contributed by atoms with Crippen molar-refractivity contribution in [1.29, 1.82) is 0 Å². The zero-order valence-corrected chi connectivity index (χ0v) is 7.27. The van der Waals surface area contributed by atoms with Gasteiger partial charge in [-0.3, -0.25) is 0 Å². The van der Waals surface area contributed by atoms with Crippen LogP contribution in [0.4, 0.5) is 0 Å². The summed E-state index contributed by atoms with van der Waals surface area (Å²) in [4.78, 5) is 10.6. The van der Waals surface area contributed by atoms with E-state index in [2.05, 4.69) is 12.6 Å². The number of thiol groups is 1. The fraction of sp³-hybridized carbons (Fsp3) is 0.250. The molecule has 0 bridgehead atoms. The van der Waals surface area contributed by atoms with Crippen molar-refractivity contribution in [3.8, 4) is 0 Å². The summed E-state index contributed by atoms with van der Waals surface area (Å²) in [5.74, 6) is 1.96. The second-order valence-electron chi connectivity index (χ2n) is 2.50. The number of hydrogen-bond acceptors (Lipinski definition) is 1. The van der Waals surface area contributed by atoms with Crippen molar-refractivity contribution in [1.82, 2.24) is 0 Å². The van der Waals surface area contributed by atoms with E-state index in [9.17, 15) is 4.79 Å². The van der Waals surface area contributed by atoms with Crippen LogP contribution in [0.3, 0.4) is 0 Å². The molecule has 56 valence electrons. The summed E-state index contributed by atoms with van der Waals surface area (Å²) >= 11 is 3.72. The Hall–Kier alpha value is -0.565. The number of aryl methyl sites for hydroxylation is 1. The number of carbonyl (C=O) groups is 1. The van der Waals surface area contributed by atoms with E-state index in [1.807, 2.05) is 31.9 Å². The van der Waals surface area contributed by atoms with Crippen LogP contribution in [-0.4, -0.2) is 12.0 Å². The molecule has 1 rings (SSSR count). The molecule has 0 aliphatic heterocycles. The Kier molecular flexibility index (Phi) is 2.88. The van der Waals surface area contributed by atoms with Gasteiger partial charge in [0, 0.05) is 0 Å². The maximum absolute atomic E-state index is 10.6. The first-order valence-corrected chi connectivity index (χ1v) is 3.91. The van der Waals surface area contributed by atoms with Gasteiger partial charge in [0.15, 0.2) is 0 Å². The van der Waals surface area contributed by atoms with E-state index < -0.39 is 0 Å². The van der Waals surface area contributed by atoms with Gasteiger partial charge in [0.05, 0.1) is 0 Å². The molecule has 0 saturated heterocycles. The molecule has 0 amide bonds. The predicted octanol–water partition coefficient (Wildman–Crippen LogP) is 1.33. The zero-order chi connectivity index (χ0) is 8.27. The van der Waals surface area contributed by atoms with Crippen LogP contribution >= 0.6 is 12.6 Å². The molecule has 1 nitrogen and oxygen atoms in total. The molecule has 1 aromatic rings. The molecule has 1 aromatic heterocycles. The topological polar surface area (TPSA) is 17.1 Å². The molecule has 0 unspecified atom stereocenters. The summed E-state index contributed by atoms with van der Waals surface area (Å²) in [5.41, 5.74) is 2.21. The molecule has 11 heavy (non-hydrogen) atoms. The van der Waals surface area contributed by atoms with Gasteiger partial charge in [-0.2, -0.15) is 0 Å². The van der Waals surface area contributed by atoms with Crippen molar-refractivity contribution in [3.05, 3.63) is 29.1 Å². The third kappa shape index (κ3) is 2.50. The summed E-state index contributed by atoms with van der Waals surface area (Å²) in [6, 6.07) is 3.88. The molecule has 0 aromatic carbocycles. The van der Waals surface area contributed by atoms with E-state index in [0.29, 0.717) is 6.42 Å². The molecule has 1 heterocycles. The van der Waals surface area contributed by atoms with Crippen LogP contribution in [0.5, 0.6) is 0 Å². The summed E-state index contributed by atoms with van der Waals surface area (Å²) in [6.07, 6.45) is 0.426. The molecular weight excluding hydrogens is 155 g/mol. The van der Waals surface area contributed by atoms with Crippen molar-refractivity contribution in [3.63, 3.8) is 0 Å². The molecule has 0 spiro atoms. The second kappa shape index (κ2) is 3.72. The van der Waals surface area contributed by atoms with Gasteiger partial charge in [0.2, 0.25) is 0 Å². The van der Waals surface area contributed by atoms with Crippen LogP contribution in [-0.2, 0) is 11.2 Å². The Balaban J connectivity index is 2.86. The molecule has 0 radical (unpaired) electrons. The Bertz CT molecular complexity index is 273. The molecule has 0 N–H and O–H groups in total. The van der Waals surface area contributed by atoms with Gasteiger partial charge >= 0.3 is 71.9 Å². The second-order valence-corrected chi connectivity index (χ2v) is 3.00. The van der Waals surface area contributed by atoms with E-state index in [1.54, 1.807) is 0 Å². The van der Waals surface area contributed by atoms with Gasteiger partial charge in [0.1, 0.15) is 0 Å². The molecule has 0 aliphatic rings. The molecule has 3 heteroatoms. The van der Waals surface area contributed by atoms with E-state index in [0.717, 1.165) is 11.0 Å². The average molecular weight is 164 g/mol. The number of carbonyl (C=O) groups excluding carboxylic acids is 1. The summed E-state index contributed by atoms with van der Waals surface area (Å²) in [7, 11) is 0. The van der Waals surface area contributed by atoms with Crippen LogP contribution < -0.4 is 0 Å². The van der Waals surface area contributed by atoms with Gasteiger partial charge in [-0.15, -0.1) is 0 Å². The van der Waals surface area contributed by atoms with Crippen molar-refractivity contribution in [2.24, 2.45) is 0 Å². The standard InChI is InChI=1S/C8H9BOS/c1-6-7(5-8(10)11)3-2-4-9-6/h2-4H,5H2,1H3,(H,10,11). The number of hydrogen-bond donors (Lipinski definition) is 1. The first kappa shape index (κ1) is 8.53. The third-order valence-corrected chi connectivity index (χ3v) is 1.76. The van der Waals surface area contributed by atoms with E-state index in [4.69, 9.17) is 0 Å². The molecule has 0 atom stereocenters. The maximum atomic E-state index is 10.6. The average Bonchev–Trinajstić information content (AvgIpc) is 1.93. The first-order valence-electron chi connectivity index (χ1n) is 3.46. The summed E-state index contributed by atoms with van der Waals surface area (Å²) in [5, 5.41) is -0.0840. The van der Waals surface area contributed by atoms with Crippen LogP contribution in [0.25, 0.3) is 0 Å². The van der Waals surface area contributed by atoms with Crippen LogP contribution in [0.15, 0.2) is 18.1 Å². The minimum absolute atomic E-state index is 0.0840. The van der Waals surface area contributed by atoms with Crippen LogP contribution in [0, 0.1) is 6.92 Å². The van der Waals surface area contributed by atoms with Crippen molar-refractivity contribution < 1.29 is 4.79 Å². The Labute approximate surface area is 72.4 Å². The van der Waals surface area contributed by atoms with Crippen molar-refractivity contribution in [2.45, 2.75) is 13.3 Å². The van der Waals surface area contributed by atoms with Gasteiger partial charge in [-0.1, -0.05) is 0 Å². The fourth-order valence-electron chi connectivity index (χ4n) is 0.971. The number of rotatable bonds is 2. The van der Waals surface area contributed by atoms with Crippen LogP contribution in [0.1, 0.15) is 11.0 Å². The third-order valence-electron chi connectivity index (χ3n) is 1.60. The molecular formula is C8H9BOS. The minimum atomic E-state index is -0.0840. The fourth-order valence-corrected chi connectivity index (χ4v) is 1.14. The van der Waals surface area contributed by atoms with Gasteiger partial charge in [-0.25, -0.2) is 0 Å². The predicted molar refractivity (Wildman–Crippen MR) is 50.2 cm³/mol. The Morgan fingerprint density at radius 3 is 3.00 bits per heavy atom.